The molecule has 0 atom stereocenters. The number of H-pyrrole nitrogens is 1. The summed E-state index contributed by atoms with van der Waals surface area (Å²) < 4.78 is 1.16. The third kappa shape index (κ3) is 1.55. The minimum absolute atomic E-state index is 0.707. The van der Waals surface area contributed by atoms with E-state index in [1.54, 1.807) is 17.5 Å². The number of anilines is 2. The Hall–Kier alpha value is -1.95. The molecule has 0 aliphatic carbocycles. The van der Waals surface area contributed by atoms with Crippen LogP contribution in [0.25, 0.3) is 10.2 Å². The molecule has 5 nitrogen and oxygen atoms in total. The molecule has 0 unspecified atom stereocenters. The minimum atomic E-state index is 0.707. The van der Waals surface area contributed by atoms with Crippen LogP contribution in [-0.4, -0.2) is 20.4 Å². The molecule has 6 heteroatoms. The highest BCUT2D eigenvalue weighted by atomic mass is 32.1. The molecule has 0 amide bonds. The highest BCUT2D eigenvalue weighted by Crippen LogP contribution is 2.23. The first-order valence-corrected chi connectivity index (χ1v) is 5.26. The average molecular weight is 217 g/mol. The average Bonchev–Trinajstić information content (AvgIpc) is 2.87. The molecule has 2 heterocycles. The summed E-state index contributed by atoms with van der Waals surface area (Å²) >= 11 is 1.62. The van der Waals surface area contributed by atoms with Gasteiger partial charge in [0.25, 0.3) is 0 Å². The highest BCUT2D eigenvalue weighted by Gasteiger charge is 2.00. The van der Waals surface area contributed by atoms with Crippen molar-refractivity contribution in [2.45, 2.75) is 0 Å². The molecule has 2 N–H and O–H groups in total. The molecule has 15 heavy (non-hydrogen) atoms. The zero-order chi connectivity index (χ0) is 10.1. The van der Waals surface area contributed by atoms with E-state index in [9.17, 15) is 0 Å². The van der Waals surface area contributed by atoms with Gasteiger partial charge in [-0.1, -0.05) is 5.21 Å². The van der Waals surface area contributed by atoms with E-state index in [1.807, 2.05) is 23.7 Å². The Morgan fingerprint density at radius 3 is 3.20 bits per heavy atom. The zero-order valence-corrected chi connectivity index (χ0v) is 8.45. The zero-order valence-electron chi connectivity index (χ0n) is 7.64. The Morgan fingerprint density at radius 2 is 2.33 bits per heavy atom. The van der Waals surface area contributed by atoms with Crippen LogP contribution in [0.5, 0.6) is 0 Å². The van der Waals surface area contributed by atoms with Crippen LogP contribution in [-0.2, 0) is 0 Å². The van der Waals surface area contributed by atoms with Crippen molar-refractivity contribution >= 4 is 33.1 Å². The standard InChI is InChI=1S/C9H7N5S/c1-2-7-8(15-5-10-7)3-6(1)12-9-4-11-14-13-9/h1-5H,(H2,11,12,13,14). The van der Waals surface area contributed by atoms with Gasteiger partial charge in [0, 0.05) is 5.69 Å². The Bertz CT molecular complexity index is 571. The Kier molecular flexibility index (Phi) is 1.85. The molecular formula is C9H7N5S. The molecule has 0 radical (unpaired) electrons. The topological polar surface area (TPSA) is 66.5 Å². The summed E-state index contributed by atoms with van der Waals surface area (Å²) in [5.41, 5.74) is 3.84. The van der Waals surface area contributed by atoms with E-state index in [0.29, 0.717) is 5.82 Å². The molecule has 74 valence electrons. The fraction of sp³-hybridized carbons (Fsp3) is 0. The van der Waals surface area contributed by atoms with E-state index in [2.05, 4.69) is 25.7 Å². The van der Waals surface area contributed by atoms with Crippen LogP contribution in [0.1, 0.15) is 0 Å². The minimum Gasteiger partial charge on any atom is -0.337 e. The van der Waals surface area contributed by atoms with Gasteiger partial charge in [-0.15, -0.1) is 16.4 Å². The molecule has 2 aromatic heterocycles. The van der Waals surface area contributed by atoms with Crippen molar-refractivity contribution in [3.63, 3.8) is 0 Å². The second kappa shape index (κ2) is 3.32. The molecule has 3 rings (SSSR count). The quantitative estimate of drug-likeness (QED) is 0.690. The van der Waals surface area contributed by atoms with Crippen LogP contribution in [0, 0.1) is 0 Å². The number of benzene rings is 1. The van der Waals surface area contributed by atoms with Crippen LogP contribution in [0.2, 0.25) is 0 Å². The number of hydrogen-bond acceptors (Lipinski definition) is 5. The van der Waals surface area contributed by atoms with Gasteiger partial charge in [-0.3, -0.25) is 5.10 Å². The molecular weight excluding hydrogens is 210 g/mol. The van der Waals surface area contributed by atoms with E-state index < -0.39 is 0 Å². The van der Waals surface area contributed by atoms with Crippen molar-refractivity contribution in [2.24, 2.45) is 0 Å². The molecule has 3 aromatic rings. The third-order valence-corrected chi connectivity index (χ3v) is 2.81. The summed E-state index contributed by atoms with van der Waals surface area (Å²) in [4.78, 5) is 4.21. The van der Waals surface area contributed by atoms with Crippen LogP contribution in [0.4, 0.5) is 11.5 Å². The number of aromatic nitrogens is 4. The van der Waals surface area contributed by atoms with Crippen molar-refractivity contribution in [2.75, 3.05) is 5.32 Å². The van der Waals surface area contributed by atoms with Gasteiger partial charge in [0.1, 0.15) is 0 Å². The summed E-state index contributed by atoms with van der Waals surface area (Å²) in [6.07, 6.45) is 1.71. The Balaban J connectivity index is 1.97. The second-order valence-corrected chi connectivity index (χ2v) is 3.90. The third-order valence-electron chi connectivity index (χ3n) is 2.02. The van der Waals surface area contributed by atoms with Crippen LogP contribution in [0.15, 0.2) is 29.9 Å². The highest BCUT2D eigenvalue weighted by molar-refractivity contribution is 7.16. The number of hydrogen-bond donors (Lipinski definition) is 2. The molecule has 0 spiro atoms. The van der Waals surface area contributed by atoms with Gasteiger partial charge in [-0.2, -0.15) is 0 Å². The summed E-state index contributed by atoms with van der Waals surface area (Å²) in [5, 5.41) is 13.3. The van der Waals surface area contributed by atoms with E-state index in [4.69, 9.17) is 0 Å². The normalized spacial score (nSPS) is 10.7. The number of rotatable bonds is 2. The van der Waals surface area contributed by atoms with Crippen LogP contribution in [0.3, 0.4) is 0 Å². The van der Waals surface area contributed by atoms with Gasteiger partial charge in [0.05, 0.1) is 21.9 Å². The van der Waals surface area contributed by atoms with E-state index in [-0.39, 0.29) is 0 Å². The lowest BCUT2D eigenvalue weighted by Crippen LogP contribution is -1.89. The van der Waals surface area contributed by atoms with Crippen molar-refractivity contribution in [1.29, 1.82) is 0 Å². The fourth-order valence-electron chi connectivity index (χ4n) is 1.34. The smallest absolute Gasteiger partial charge is 0.172 e. The first-order chi connectivity index (χ1) is 7.42. The van der Waals surface area contributed by atoms with Crippen molar-refractivity contribution in [3.05, 3.63) is 29.9 Å². The van der Waals surface area contributed by atoms with Crippen molar-refractivity contribution < 1.29 is 0 Å². The molecule has 0 saturated heterocycles. The fourth-order valence-corrected chi connectivity index (χ4v) is 2.06. The van der Waals surface area contributed by atoms with Gasteiger partial charge in [0.15, 0.2) is 5.82 Å². The summed E-state index contributed by atoms with van der Waals surface area (Å²) in [6, 6.07) is 5.99. The van der Waals surface area contributed by atoms with Gasteiger partial charge >= 0.3 is 0 Å². The monoisotopic (exact) mass is 217 g/mol. The van der Waals surface area contributed by atoms with Gasteiger partial charge in [0.2, 0.25) is 0 Å². The van der Waals surface area contributed by atoms with E-state index in [0.717, 1.165) is 15.9 Å². The van der Waals surface area contributed by atoms with Gasteiger partial charge in [-0.25, -0.2) is 4.98 Å². The predicted molar refractivity (Wildman–Crippen MR) is 59.3 cm³/mol. The lowest BCUT2D eigenvalue weighted by Gasteiger charge is -2.00. The van der Waals surface area contributed by atoms with E-state index >= 15 is 0 Å². The number of fused-ring (bicyclic) bond motifs is 1. The first-order valence-electron chi connectivity index (χ1n) is 4.38. The van der Waals surface area contributed by atoms with Gasteiger partial charge in [-0.05, 0) is 18.2 Å². The summed E-state index contributed by atoms with van der Waals surface area (Å²) in [6.45, 7) is 0. The van der Waals surface area contributed by atoms with Crippen LogP contribution < -0.4 is 5.32 Å². The maximum Gasteiger partial charge on any atom is 0.172 e. The lowest BCUT2D eigenvalue weighted by atomic mass is 10.3. The predicted octanol–water partition coefficient (Wildman–Crippen LogP) is 2.16. The molecule has 0 aliphatic rings. The Labute approximate surface area is 89.2 Å². The summed E-state index contributed by atoms with van der Waals surface area (Å²) in [5.74, 6) is 0.707. The number of nitrogens with one attached hydrogen (secondary N) is 2. The summed E-state index contributed by atoms with van der Waals surface area (Å²) in [7, 11) is 0. The van der Waals surface area contributed by atoms with Crippen LogP contribution >= 0.6 is 11.3 Å². The number of thiazole rings is 1. The number of nitrogens with zero attached hydrogens (tertiary/aromatic N) is 3. The van der Waals surface area contributed by atoms with Gasteiger partial charge < -0.3 is 5.32 Å². The molecule has 1 aromatic carbocycles. The molecule has 0 saturated carbocycles. The second-order valence-electron chi connectivity index (χ2n) is 3.02. The molecule has 0 aliphatic heterocycles. The van der Waals surface area contributed by atoms with Crippen molar-refractivity contribution in [3.8, 4) is 0 Å². The largest absolute Gasteiger partial charge is 0.337 e. The van der Waals surface area contributed by atoms with E-state index in [1.165, 1.54) is 0 Å². The SMILES string of the molecule is c1nc2ccc(Nc3c[nH]nn3)cc2s1. The molecule has 0 fully saturated rings. The molecule has 0 bridgehead atoms. The maximum absolute atomic E-state index is 4.21. The van der Waals surface area contributed by atoms with Crippen molar-refractivity contribution in [1.82, 2.24) is 20.4 Å². The lowest BCUT2D eigenvalue weighted by molar-refractivity contribution is 0.942. The number of aromatic amines is 1. The first kappa shape index (κ1) is 8.37. The maximum atomic E-state index is 4.21. The Morgan fingerprint density at radius 1 is 1.33 bits per heavy atom.